The lowest BCUT2D eigenvalue weighted by atomic mass is 10.2. The molecule has 1 amide bonds. The van der Waals surface area contributed by atoms with Crippen molar-refractivity contribution in [3.8, 4) is 0 Å². The summed E-state index contributed by atoms with van der Waals surface area (Å²) in [5.74, 6) is -0.165. The van der Waals surface area contributed by atoms with Crippen molar-refractivity contribution in [1.82, 2.24) is 4.90 Å². The van der Waals surface area contributed by atoms with Crippen LogP contribution in [0.15, 0.2) is 0 Å². The first-order valence-corrected chi connectivity index (χ1v) is 4.93. The molecule has 0 saturated carbocycles. The molecule has 0 bridgehead atoms. The van der Waals surface area contributed by atoms with Crippen LogP contribution in [0.25, 0.3) is 0 Å². The first kappa shape index (κ1) is 10.5. The minimum Gasteiger partial charge on any atom is -0.368 e. The number of likely N-dealkylation sites (tertiary alicyclic amines) is 1. The number of carbonyl (C=O) groups excluding carboxylic acids is 1. The molecule has 0 radical (unpaired) electrons. The highest BCUT2D eigenvalue weighted by molar-refractivity contribution is 5.80. The van der Waals surface area contributed by atoms with E-state index in [1.165, 1.54) is 0 Å². The predicted molar refractivity (Wildman–Crippen MR) is 53.2 cm³/mol. The Balaban J connectivity index is 2.54. The van der Waals surface area contributed by atoms with Gasteiger partial charge in [-0.15, -0.1) is 0 Å². The summed E-state index contributed by atoms with van der Waals surface area (Å²) in [6.07, 6.45) is 2.04. The van der Waals surface area contributed by atoms with Crippen LogP contribution in [-0.2, 0) is 4.79 Å². The maximum Gasteiger partial charge on any atom is 0.234 e. The molecular weight excluding hydrogens is 170 g/mol. The second-order valence-electron chi connectivity index (χ2n) is 5.09. The SMILES string of the molecule is [13CH3][13C]([13CH3])([13CH3])[13CH2]N1CCCC1C([15NH2])=O. The summed E-state index contributed by atoms with van der Waals surface area (Å²) in [5.41, 5.74) is 5.57. The molecule has 1 aliphatic rings. The van der Waals surface area contributed by atoms with E-state index in [9.17, 15) is 4.79 Å². The van der Waals surface area contributed by atoms with Gasteiger partial charge in [-0.25, -0.2) is 0 Å². The molecule has 1 unspecified atom stereocenters. The van der Waals surface area contributed by atoms with Gasteiger partial charge in [-0.1, -0.05) is 20.8 Å². The molecule has 76 valence electrons. The summed E-state index contributed by atoms with van der Waals surface area (Å²) < 4.78 is 0. The Morgan fingerprint density at radius 1 is 1.54 bits per heavy atom. The number of carbonyl (C=O) groups is 1. The zero-order valence-electron chi connectivity index (χ0n) is 8.84. The van der Waals surface area contributed by atoms with Gasteiger partial charge in [0.2, 0.25) is 5.91 Å². The number of amides is 1. The van der Waals surface area contributed by atoms with Crippen molar-refractivity contribution in [3.05, 3.63) is 0 Å². The molecule has 1 saturated heterocycles. The standard InChI is InChI=1S/C10H20N2O/c1-10(2,3)7-12-6-4-5-8(12)9(11)13/h8H,4-7H2,1-3H3,(H2,11,13)/i1+1,2+1,3+1,7+1,10+1,11+1. The number of hydrogen-bond acceptors (Lipinski definition) is 2. The molecule has 1 atom stereocenters. The minimum absolute atomic E-state index is 0.0146. The minimum atomic E-state index is -0.165. The Labute approximate surface area is 80.3 Å². The van der Waals surface area contributed by atoms with Crippen molar-refractivity contribution in [2.75, 3.05) is 13.1 Å². The smallest absolute Gasteiger partial charge is 0.234 e. The second kappa shape index (κ2) is 3.66. The van der Waals surface area contributed by atoms with E-state index in [2.05, 4.69) is 25.7 Å². The van der Waals surface area contributed by atoms with Crippen LogP contribution in [0, 0.1) is 5.41 Å². The maximum absolute atomic E-state index is 11.1. The summed E-state index contributed by atoms with van der Waals surface area (Å²) in [7, 11) is 0. The first-order valence-electron chi connectivity index (χ1n) is 4.93. The molecule has 1 rings (SSSR count). The highest BCUT2D eigenvalue weighted by Crippen LogP contribution is 2.23. The molecule has 3 nitrogen and oxygen atoms in total. The maximum atomic E-state index is 11.1. The number of nitrogens with zero attached hydrogens (tertiary/aromatic N) is 1. The highest BCUT2D eigenvalue weighted by Gasteiger charge is 2.31. The lowest BCUT2D eigenvalue weighted by Gasteiger charge is -2.29. The van der Waals surface area contributed by atoms with Crippen LogP contribution >= 0.6 is 0 Å². The van der Waals surface area contributed by atoms with E-state index in [1.807, 2.05) is 0 Å². The van der Waals surface area contributed by atoms with E-state index >= 15 is 0 Å². The average Bonchev–Trinajstić information content (AvgIpc) is 2.31. The molecule has 1 aliphatic heterocycles. The van der Waals surface area contributed by atoms with Gasteiger partial charge >= 0.3 is 0 Å². The Bertz CT molecular complexity index is 196. The first-order chi connectivity index (χ1) is 5.90. The predicted octanol–water partition coefficient (Wildman–Crippen LogP) is 0.982. The molecule has 3 heteroatoms. The number of primary amides is 1. The van der Waals surface area contributed by atoms with Crippen LogP contribution in [0.5, 0.6) is 0 Å². The molecule has 0 aromatic heterocycles. The fraction of sp³-hybridized carbons (Fsp3) is 0.900. The summed E-state index contributed by atoms with van der Waals surface area (Å²) in [6.45, 7) is 8.53. The highest BCUT2D eigenvalue weighted by atomic mass is 16.2. The van der Waals surface area contributed by atoms with E-state index in [0.717, 1.165) is 25.9 Å². The Hall–Kier alpha value is -0.570. The van der Waals surface area contributed by atoms with Crippen LogP contribution in [0.1, 0.15) is 33.6 Å². The lowest BCUT2D eigenvalue weighted by molar-refractivity contribution is -0.122. The number of hydrogen-bond donors (Lipinski definition) is 1. The third kappa shape index (κ3) is 2.99. The second-order valence-corrected chi connectivity index (χ2v) is 5.09. The molecule has 1 heterocycles. The third-order valence-electron chi connectivity index (χ3n) is 2.37. The van der Waals surface area contributed by atoms with Crippen molar-refractivity contribution in [2.24, 2.45) is 11.1 Å². The monoisotopic (exact) mass is 190 g/mol. The average molecular weight is 190 g/mol. The van der Waals surface area contributed by atoms with Gasteiger partial charge in [0.25, 0.3) is 0 Å². The fourth-order valence-electron chi connectivity index (χ4n) is 1.95. The molecule has 0 aliphatic carbocycles. The van der Waals surface area contributed by atoms with Gasteiger partial charge in [0, 0.05) is 6.54 Å². The van der Waals surface area contributed by atoms with Crippen LogP contribution in [-0.4, -0.2) is 29.9 Å². The van der Waals surface area contributed by atoms with E-state index < -0.39 is 0 Å². The molecule has 0 aromatic carbocycles. The molecular formula is C10H20N2O. The van der Waals surface area contributed by atoms with Gasteiger partial charge < -0.3 is 5.73 Å². The summed E-state index contributed by atoms with van der Waals surface area (Å²) in [4.78, 5) is 13.3. The van der Waals surface area contributed by atoms with Gasteiger partial charge in [-0.05, 0) is 24.8 Å². The summed E-state index contributed by atoms with van der Waals surface area (Å²) in [6, 6.07) is -0.0146. The molecule has 0 aromatic rings. The zero-order valence-corrected chi connectivity index (χ0v) is 8.84. The Morgan fingerprint density at radius 3 is 2.62 bits per heavy atom. The van der Waals surface area contributed by atoms with Crippen molar-refractivity contribution in [1.29, 1.82) is 0 Å². The van der Waals surface area contributed by atoms with Crippen LogP contribution in [0.4, 0.5) is 0 Å². The van der Waals surface area contributed by atoms with E-state index in [-0.39, 0.29) is 17.4 Å². The summed E-state index contributed by atoms with van der Waals surface area (Å²) in [5, 5.41) is 0. The topological polar surface area (TPSA) is 46.3 Å². The van der Waals surface area contributed by atoms with Crippen molar-refractivity contribution >= 4 is 5.91 Å². The van der Waals surface area contributed by atoms with Gasteiger partial charge in [-0.3, -0.25) is 9.69 Å². The molecule has 2 N–H and O–H groups in total. The van der Waals surface area contributed by atoms with Gasteiger partial charge in [0.1, 0.15) is 0 Å². The van der Waals surface area contributed by atoms with Crippen molar-refractivity contribution in [2.45, 2.75) is 39.7 Å². The van der Waals surface area contributed by atoms with E-state index in [1.54, 1.807) is 0 Å². The molecule has 0 spiro atoms. The zero-order chi connectivity index (χ0) is 10.1. The van der Waals surface area contributed by atoms with E-state index in [0.29, 0.717) is 0 Å². The molecule has 13 heavy (non-hydrogen) atoms. The number of rotatable bonds is 2. The summed E-state index contributed by atoms with van der Waals surface area (Å²) >= 11 is 0. The van der Waals surface area contributed by atoms with Gasteiger partial charge in [-0.2, -0.15) is 0 Å². The van der Waals surface area contributed by atoms with Crippen LogP contribution < -0.4 is 5.73 Å². The van der Waals surface area contributed by atoms with Crippen molar-refractivity contribution in [3.63, 3.8) is 0 Å². The quantitative estimate of drug-likeness (QED) is 0.521. The number of nitrogens with two attached hydrogens (primary N) is 1. The third-order valence-corrected chi connectivity index (χ3v) is 2.37. The van der Waals surface area contributed by atoms with Crippen LogP contribution in [0.3, 0.4) is 0 Å². The largest absolute Gasteiger partial charge is 0.368 e. The fourth-order valence-corrected chi connectivity index (χ4v) is 1.95. The normalized spacial score (nSPS) is 25.0. The van der Waals surface area contributed by atoms with E-state index in [4.69, 9.17) is 5.73 Å². The lowest BCUT2D eigenvalue weighted by Crippen LogP contribution is -2.43. The Morgan fingerprint density at radius 2 is 2.15 bits per heavy atom. The molecule has 1 fully saturated rings. The van der Waals surface area contributed by atoms with Gasteiger partial charge in [0.05, 0.1) is 6.04 Å². The van der Waals surface area contributed by atoms with Gasteiger partial charge in [0.15, 0.2) is 0 Å². The van der Waals surface area contributed by atoms with Crippen LogP contribution in [0.2, 0.25) is 0 Å². The van der Waals surface area contributed by atoms with Crippen molar-refractivity contribution < 1.29 is 4.79 Å². The Kier molecular flexibility index (Phi) is 2.96.